The zero-order valence-corrected chi connectivity index (χ0v) is 11.4. The molecule has 0 aliphatic rings. The summed E-state index contributed by atoms with van der Waals surface area (Å²) in [6.07, 6.45) is 1.63. The molecule has 1 atom stereocenters. The zero-order valence-electron chi connectivity index (χ0n) is 11.4. The summed E-state index contributed by atoms with van der Waals surface area (Å²) in [7, 11) is 1.64. The molecule has 18 heavy (non-hydrogen) atoms. The number of hydrazine groups is 1. The number of nitrogens with one attached hydrogen (secondary N) is 2. The van der Waals surface area contributed by atoms with Gasteiger partial charge in [0.25, 0.3) is 5.91 Å². The summed E-state index contributed by atoms with van der Waals surface area (Å²) in [6, 6.07) is 7.79. The summed E-state index contributed by atoms with van der Waals surface area (Å²) in [5.74, 6) is 0.461. The van der Waals surface area contributed by atoms with Crippen molar-refractivity contribution in [3.63, 3.8) is 0 Å². The third-order valence-corrected chi connectivity index (χ3v) is 2.71. The third kappa shape index (κ3) is 4.85. The average Bonchev–Trinajstić information content (AvgIpc) is 2.31. The number of carbonyl (C=O) groups excluding carboxylic acids is 1. The lowest BCUT2D eigenvalue weighted by Gasteiger charge is -2.12. The predicted octanol–water partition coefficient (Wildman–Crippen LogP) is 1.01. The van der Waals surface area contributed by atoms with Crippen LogP contribution in [-0.2, 0) is 17.6 Å². The van der Waals surface area contributed by atoms with E-state index in [9.17, 15) is 4.79 Å². The first-order valence-corrected chi connectivity index (χ1v) is 6.33. The number of hydrogen-bond donors (Lipinski definition) is 3. The van der Waals surface area contributed by atoms with Crippen LogP contribution in [0.4, 0.5) is 0 Å². The Bertz CT molecular complexity index is 373. The number of amides is 1. The Morgan fingerprint density at radius 1 is 1.17 bits per heavy atom. The van der Waals surface area contributed by atoms with E-state index in [2.05, 4.69) is 36.8 Å². The maximum atomic E-state index is 11.5. The number of nitrogens with two attached hydrogens (primary N) is 1. The quantitative estimate of drug-likeness (QED) is 0.659. The smallest absolute Gasteiger partial charge is 0.251 e. The Hall–Kier alpha value is -1.39. The van der Waals surface area contributed by atoms with Gasteiger partial charge in [-0.15, -0.1) is 0 Å². The van der Waals surface area contributed by atoms with E-state index in [1.165, 1.54) is 5.56 Å². The van der Waals surface area contributed by atoms with E-state index in [1.807, 2.05) is 12.1 Å². The summed E-state index contributed by atoms with van der Waals surface area (Å²) in [4.78, 5) is 11.5. The molecule has 1 aromatic rings. The number of benzene rings is 1. The molecule has 100 valence electrons. The van der Waals surface area contributed by atoms with Crippen LogP contribution in [0.25, 0.3) is 0 Å². The number of rotatable bonds is 6. The van der Waals surface area contributed by atoms with E-state index in [0.717, 1.165) is 12.0 Å². The summed E-state index contributed by atoms with van der Waals surface area (Å²) in [6.45, 7) is 4.40. The van der Waals surface area contributed by atoms with Crippen molar-refractivity contribution in [2.24, 2.45) is 11.7 Å². The fourth-order valence-electron chi connectivity index (χ4n) is 1.85. The molecular formula is C14H23N3O. The van der Waals surface area contributed by atoms with E-state index >= 15 is 0 Å². The molecule has 0 bridgehead atoms. The minimum Gasteiger partial charge on any atom is -0.320 e. The highest BCUT2D eigenvalue weighted by Gasteiger charge is 2.12. The summed E-state index contributed by atoms with van der Waals surface area (Å²) in [5.41, 5.74) is 13.3. The van der Waals surface area contributed by atoms with Crippen molar-refractivity contribution in [2.75, 3.05) is 7.05 Å². The normalized spacial score (nSPS) is 12.5. The molecule has 0 radical (unpaired) electrons. The van der Waals surface area contributed by atoms with Gasteiger partial charge in [0.2, 0.25) is 0 Å². The van der Waals surface area contributed by atoms with Gasteiger partial charge in [0.05, 0.1) is 6.04 Å². The van der Waals surface area contributed by atoms with Gasteiger partial charge in [-0.25, -0.2) is 5.43 Å². The van der Waals surface area contributed by atoms with Crippen molar-refractivity contribution >= 4 is 5.91 Å². The minimum atomic E-state index is -0.520. The largest absolute Gasteiger partial charge is 0.320 e. The first kappa shape index (κ1) is 14.7. The van der Waals surface area contributed by atoms with Crippen molar-refractivity contribution in [3.05, 3.63) is 35.4 Å². The molecule has 0 heterocycles. The minimum absolute atomic E-state index is 0.191. The van der Waals surface area contributed by atoms with Crippen LogP contribution >= 0.6 is 0 Å². The molecule has 4 nitrogen and oxygen atoms in total. The van der Waals surface area contributed by atoms with Crippen LogP contribution in [0, 0.1) is 5.92 Å². The summed E-state index contributed by atoms with van der Waals surface area (Å²) < 4.78 is 0. The zero-order chi connectivity index (χ0) is 13.5. The van der Waals surface area contributed by atoms with Gasteiger partial charge < -0.3 is 5.73 Å². The lowest BCUT2D eigenvalue weighted by molar-refractivity contribution is -0.123. The lowest BCUT2D eigenvalue weighted by Crippen LogP contribution is -2.46. The van der Waals surface area contributed by atoms with E-state index in [-0.39, 0.29) is 5.91 Å². The van der Waals surface area contributed by atoms with E-state index in [4.69, 9.17) is 5.73 Å². The first-order valence-electron chi connectivity index (χ1n) is 6.33. The maximum absolute atomic E-state index is 11.5. The average molecular weight is 249 g/mol. The first-order chi connectivity index (χ1) is 8.52. The fourth-order valence-corrected chi connectivity index (χ4v) is 1.85. The van der Waals surface area contributed by atoms with Crippen LogP contribution in [0.5, 0.6) is 0 Å². The van der Waals surface area contributed by atoms with Gasteiger partial charge in [-0.3, -0.25) is 10.2 Å². The Labute approximate surface area is 109 Å². The van der Waals surface area contributed by atoms with Crippen LogP contribution in [0.3, 0.4) is 0 Å². The second-order valence-electron chi connectivity index (χ2n) is 4.96. The molecule has 4 N–H and O–H groups in total. The maximum Gasteiger partial charge on any atom is 0.251 e. The van der Waals surface area contributed by atoms with Crippen LogP contribution in [0.2, 0.25) is 0 Å². The van der Waals surface area contributed by atoms with Gasteiger partial charge in [-0.2, -0.15) is 0 Å². The predicted molar refractivity (Wildman–Crippen MR) is 73.9 cm³/mol. The van der Waals surface area contributed by atoms with Gasteiger partial charge >= 0.3 is 0 Å². The molecule has 4 heteroatoms. The molecular weight excluding hydrogens is 226 g/mol. The van der Waals surface area contributed by atoms with Gasteiger partial charge in [-0.1, -0.05) is 38.1 Å². The van der Waals surface area contributed by atoms with Crippen LogP contribution < -0.4 is 16.6 Å². The van der Waals surface area contributed by atoms with Crippen molar-refractivity contribution in [1.29, 1.82) is 0 Å². The number of carbonyl (C=O) groups is 1. The standard InChI is InChI=1S/C14H23N3O/c1-10(2)8-11-4-6-12(7-5-11)9-13(15)14(18)17-16-3/h4-7,10,13,16H,8-9,15H2,1-3H3,(H,17,18). The molecule has 0 fully saturated rings. The Balaban J connectivity index is 2.55. The SMILES string of the molecule is CNNC(=O)C(N)Cc1ccc(CC(C)C)cc1. The highest BCUT2D eigenvalue weighted by molar-refractivity contribution is 5.81. The van der Waals surface area contributed by atoms with E-state index in [1.54, 1.807) is 7.05 Å². The Morgan fingerprint density at radius 2 is 1.67 bits per heavy atom. The van der Waals surface area contributed by atoms with Crippen molar-refractivity contribution in [3.8, 4) is 0 Å². The molecule has 0 spiro atoms. The van der Waals surface area contributed by atoms with Crippen LogP contribution in [0.15, 0.2) is 24.3 Å². The number of hydrogen-bond acceptors (Lipinski definition) is 3. The Morgan fingerprint density at radius 3 is 2.11 bits per heavy atom. The van der Waals surface area contributed by atoms with Crippen LogP contribution in [-0.4, -0.2) is 19.0 Å². The molecule has 0 saturated heterocycles. The van der Waals surface area contributed by atoms with E-state index < -0.39 is 6.04 Å². The van der Waals surface area contributed by atoms with Gasteiger partial charge in [0, 0.05) is 7.05 Å². The van der Waals surface area contributed by atoms with E-state index in [0.29, 0.717) is 12.3 Å². The molecule has 0 aromatic heterocycles. The highest BCUT2D eigenvalue weighted by Crippen LogP contribution is 2.10. The van der Waals surface area contributed by atoms with Crippen LogP contribution in [0.1, 0.15) is 25.0 Å². The monoisotopic (exact) mass is 249 g/mol. The summed E-state index contributed by atoms with van der Waals surface area (Å²) in [5, 5.41) is 0. The van der Waals surface area contributed by atoms with Crippen molar-refractivity contribution in [1.82, 2.24) is 10.9 Å². The molecule has 0 aliphatic heterocycles. The van der Waals surface area contributed by atoms with Gasteiger partial charge in [-0.05, 0) is 29.9 Å². The second-order valence-corrected chi connectivity index (χ2v) is 4.96. The molecule has 0 aliphatic carbocycles. The molecule has 0 saturated carbocycles. The highest BCUT2D eigenvalue weighted by atomic mass is 16.2. The van der Waals surface area contributed by atoms with Gasteiger partial charge in [0.15, 0.2) is 0 Å². The third-order valence-electron chi connectivity index (χ3n) is 2.71. The Kier molecular flexibility index (Phi) is 5.82. The van der Waals surface area contributed by atoms with Crippen molar-refractivity contribution < 1.29 is 4.79 Å². The topological polar surface area (TPSA) is 67.1 Å². The van der Waals surface area contributed by atoms with Gasteiger partial charge in [0.1, 0.15) is 0 Å². The fraction of sp³-hybridized carbons (Fsp3) is 0.500. The molecule has 1 rings (SSSR count). The lowest BCUT2D eigenvalue weighted by atomic mass is 9.99. The molecule has 1 aromatic carbocycles. The molecule has 1 amide bonds. The van der Waals surface area contributed by atoms with Crippen molar-refractivity contribution in [2.45, 2.75) is 32.7 Å². The summed E-state index contributed by atoms with van der Waals surface area (Å²) >= 11 is 0. The second kappa shape index (κ2) is 7.13. The molecule has 1 unspecified atom stereocenters.